The maximum atomic E-state index is 5.88. The molecule has 1 unspecified atom stereocenters. The van der Waals surface area contributed by atoms with E-state index in [0.29, 0.717) is 12.0 Å². The van der Waals surface area contributed by atoms with Crippen LogP contribution in [0.15, 0.2) is 18.2 Å². The molecule has 0 aliphatic rings. The fourth-order valence-corrected chi connectivity index (χ4v) is 2.63. The number of nitrogens with two attached hydrogens (primary N) is 1. The van der Waals surface area contributed by atoms with Crippen molar-refractivity contribution in [1.82, 2.24) is 14.5 Å². The summed E-state index contributed by atoms with van der Waals surface area (Å²) in [6, 6.07) is 6.63. The van der Waals surface area contributed by atoms with Crippen molar-refractivity contribution in [2.75, 3.05) is 19.3 Å². The van der Waals surface area contributed by atoms with Crippen molar-refractivity contribution in [1.29, 1.82) is 0 Å². The first-order valence-corrected chi connectivity index (χ1v) is 7.90. The van der Waals surface area contributed by atoms with Crippen LogP contribution in [0.4, 0.5) is 5.69 Å². The first-order valence-electron chi connectivity index (χ1n) is 7.90. The van der Waals surface area contributed by atoms with Crippen molar-refractivity contribution in [2.45, 2.75) is 52.6 Å². The summed E-state index contributed by atoms with van der Waals surface area (Å²) in [7, 11) is 2.19. The highest BCUT2D eigenvalue weighted by Crippen LogP contribution is 2.23. The number of aromatic nitrogens is 2. The topological polar surface area (TPSA) is 47.1 Å². The summed E-state index contributed by atoms with van der Waals surface area (Å²) in [4.78, 5) is 7.19. The number of nitrogen functional groups attached to an aromatic ring is 1. The third kappa shape index (κ3) is 3.38. The molecule has 2 aromatic rings. The van der Waals surface area contributed by atoms with Crippen molar-refractivity contribution in [3.05, 3.63) is 24.0 Å². The van der Waals surface area contributed by atoms with Gasteiger partial charge in [-0.3, -0.25) is 0 Å². The molecule has 0 amide bonds. The molecule has 1 atom stereocenters. The molecule has 1 aromatic heterocycles. The van der Waals surface area contributed by atoms with Crippen LogP contribution in [0.5, 0.6) is 0 Å². The van der Waals surface area contributed by atoms with Crippen LogP contribution in [0.2, 0.25) is 0 Å². The van der Waals surface area contributed by atoms with Crippen LogP contribution >= 0.6 is 0 Å². The number of hydrogen-bond acceptors (Lipinski definition) is 3. The molecule has 116 valence electrons. The Morgan fingerprint density at radius 2 is 2.00 bits per heavy atom. The molecule has 1 aromatic carbocycles. The molecule has 0 saturated carbocycles. The normalized spacial score (nSPS) is 13.5. The molecule has 0 aliphatic carbocycles. The molecule has 4 heteroatoms. The molecule has 0 bridgehead atoms. The third-order valence-corrected chi connectivity index (χ3v) is 4.34. The molecule has 2 N–H and O–H groups in total. The molecule has 0 saturated heterocycles. The van der Waals surface area contributed by atoms with Crippen LogP contribution in [0.1, 0.15) is 45.9 Å². The van der Waals surface area contributed by atoms with Crippen molar-refractivity contribution >= 4 is 16.7 Å². The summed E-state index contributed by atoms with van der Waals surface area (Å²) in [5.74, 6) is 1.56. The number of nitrogens with zero attached hydrogens (tertiary/aromatic N) is 3. The van der Waals surface area contributed by atoms with Crippen molar-refractivity contribution < 1.29 is 0 Å². The molecule has 21 heavy (non-hydrogen) atoms. The van der Waals surface area contributed by atoms with E-state index in [-0.39, 0.29) is 0 Å². The molecule has 0 spiro atoms. The lowest BCUT2D eigenvalue weighted by Gasteiger charge is -2.24. The van der Waals surface area contributed by atoms with Gasteiger partial charge in [0, 0.05) is 30.7 Å². The zero-order chi connectivity index (χ0) is 15.6. The van der Waals surface area contributed by atoms with Gasteiger partial charge in [-0.25, -0.2) is 4.98 Å². The van der Waals surface area contributed by atoms with Crippen molar-refractivity contribution in [3.63, 3.8) is 0 Å². The number of rotatable bonds is 6. The zero-order valence-electron chi connectivity index (χ0n) is 13.9. The highest BCUT2D eigenvalue weighted by molar-refractivity contribution is 5.79. The van der Waals surface area contributed by atoms with Gasteiger partial charge < -0.3 is 15.2 Å². The fraction of sp³-hybridized carbons (Fsp3) is 0.588. The average molecular weight is 288 g/mol. The van der Waals surface area contributed by atoms with E-state index in [0.717, 1.165) is 30.1 Å². The Balaban J connectivity index is 2.30. The summed E-state index contributed by atoms with van der Waals surface area (Å²) in [5.41, 5.74) is 8.85. The predicted molar refractivity (Wildman–Crippen MR) is 90.6 cm³/mol. The van der Waals surface area contributed by atoms with Gasteiger partial charge in [0.1, 0.15) is 5.82 Å². The van der Waals surface area contributed by atoms with E-state index >= 15 is 0 Å². The first-order chi connectivity index (χ1) is 9.93. The van der Waals surface area contributed by atoms with Gasteiger partial charge in [-0.05, 0) is 38.6 Å². The minimum Gasteiger partial charge on any atom is -0.399 e. The van der Waals surface area contributed by atoms with E-state index in [1.807, 2.05) is 12.1 Å². The number of likely N-dealkylation sites (N-methyl/N-ethyl adjacent to an activating group) is 1. The monoisotopic (exact) mass is 288 g/mol. The van der Waals surface area contributed by atoms with Crippen LogP contribution in [0.3, 0.4) is 0 Å². The average Bonchev–Trinajstić information content (AvgIpc) is 2.81. The van der Waals surface area contributed by atoms with Gasteiger partial charge in [-0.1, -0.05) is 20.8 Å². The van der Waals surface area contributed by atoms with Crippen molar-refractivity contribution in [2.24, 2.45) is 0 Å². The maximum absolute atomic E-state index is 5.88. The predicted octanol–water partition coefficient (Wildman–Crippen LogP) is 3.47. The lowest BCUT2D eigenvalue weighted by molar-refractivity contribution is 0.242. The number of anilines is 1. The summed E-state index contributed by atoms with van der Waals surface area (Å²) in [5, 5.41) is 0. The second kappa shape index (κ2) is 6.48. The standard InChI is InChI=1S/C17H28N4/c1-6-13(4)20(5)9-10-21-16-8-7-14(18)11-15(16)19-17(21)12(2)3/h7-8,11-13H,6,9-10,18H2,1-5H3. The van der Waals surface area contributed by atoms with Gasteiger partial charge >= 0.3 is 0 Å². The zero-order valence-corrected chi connectivity index (χ0v) is 13.9. The summed E-state index contributed by atoms with van der Waals surface area (Å²) in [6.45, 7) is 10.9. The van der Waals surface area contributed by atoms with Crippen LogP contribution in [0, 0.1) is 0 Å². The Morgan fingerprint density at radius 3 is 2.62 bits per heavy atom. The number of imidazole rings is 1. The number of hydrogen-bond donors (Lipinski definition) is 1. The van der Waals surface area contributed by atoms with E-state index in [9.17, 15) is 0 Å². The molecule has 4 nitrogen and oxygen atoms in total. The lowest BCUT2D eigenvalue weighted by Crippen LogP contribution is -2.31. The molecule has 0 aliphatic heterocycles. The number of benzene rings is 1. The summed E-state index contributed by atoms with van der Waals surface area (Å²) in [6.07, 6.45) is 1.18. The van der Waals surface area contributed by atoms with Crippen LogP contribution in [0.25, 0.3) is 11.0 Å². The molecular formula is C17H28N4. The summed E-state index contributed by atoms with van der Waals surface area (Å²) >= 11 is 0. The molecule has 0 radical (unpaired) electrons. The van der Waals surface area contributed by atoms with E-state index in [1.165, 1.54) is 11.9 Å². The first kappa shape index (κ1) is 15.8. The Morgan fingerprint density at radius 1 is 1.29 bits per heavy atom. The van der Waals surface area contributed by atoms with Crippen LogP contribution in [-0.2, 0) is 6.54 Å². The van der Waals surface area contributed by atoms with Crippen molar-refractivity contribution in [3.8, 4) is 0 Å². The largest absolute Gasteiger partial charge is 0.399 e. The molecular weight excluding hydrogens is 260 g/mol. The van der Waals surface area contributed by atoms with Gasteiger partial charge in [0.05, 0.1) is 11.0 Å². The molecule has 1 heterocycles. The Hall–Kier alpha value is -1.55. The highest BCUT2D eigenvalue weighted by Gasteiger charge is 2.15. The molecule has 2 rings (SSSR count). The van der Waals surface area contributed by atoms with Gasteiger partial charge in [0.15, 0.2) is 0 Å². The SMILES string of the molecule is CCC(C)N(C)CCn1c(C(C)C)nc2cc(N)ccc21. The second-order valence-electron chi connectivity index (χ2n) is 6.26. The van der Waals surface area contributed by atoms with E-state index in [4.69, 9.17) is 10.7 Å². The Kier molecular flexibility index (Phi) is 4.88. The summed E-state index contributed by atoms with van der Waals surface area (Å²) < 4.78 is 2.35. The van der Waals surface area contributed by atoms with Crippen LogP contribution < -0.4 is 5.73 Å². The quantitative estimate of drug-likeness (QED) is 0.828. The Labute approximate surface area is 128 Å². The van der Waals surface area contributed by atoms with Crippen LogP contribution in [-0.4, -0.2) is 34.1 Å². The second-order valence-corrected chi connectivity index (χ2v) is 6.26. The highest BCUT2D eigenvalue weighted by atomic mass is 15.2. The number of fused-ring (bicyclic) bond motifs is 1. The minimum atomic E-state index is 0.410. The van der Waals surface area contributed by atoms with E-state index in [2.05, 4.69) is 50.3 Å². The van der Waals surface area contributed by atoms with E-state index in [1.54, 1.807) is 0 Å². The lowest BCUT2D eigenvalue weighted by atomic mass is 10.2. The third-order valence-electron chi connectivity index (χ3n) is 4.34. The van der Waals surface area contributed by atoms with Gasteiger partial charge in [0.2, 0.25) is 0 Å². The molecule has 0 fully saturated rings. The fourth-order valence-electron chi connectivity index (χ4n) is 2.63. The van der Waals surface area contributed by atoms with Gasteiger partial charge in [0.25, 0.3) is 0 Å². The minimum absolute atomic E-state index is 0.410. The maximum Gasteiger partial charge on any atom is 0.112 e. The Bertz CT molecular complexity index is 600. The smallest absolute Gasteiger partial charge is 0.112 e. The van der Waals surface area contributed by atoms with E-state index < -0.39 is 0 Å². The van der Waals surface area contributed by atoms with Gasteiger partial charge in [-0.15, -0.1) is 0 Å². The van der Waals surface area contributed by atoms with Gasteiger partial charge in [-0.2, -0.15) is 0 Å².